The molecule has 1 aromatic carbocycles. The van der Waals surface area contributed by atoms with Crippen LogP contribution in [0.15, 0.2) is 47.1 Å². The first-order chi connectivity index (χ1) is 12.3. The Morgan fingerprint density at radius 2 is 2.00 bits per heavy atom. The normalized spacial score (nSPS) is 12.3. The zero-order chi connectivity index (χ0) is 19.1. The van der Waals surface area contributed by atoms with Crippen molar-refractivity contribution < 1.29 is 23.4 Å². The Labute approximate surface area is 157 Å². The Morgan fingerprint density at radius 1 is 1.31 bits per heavy atom. The van der Waals surface area contributed by atoms with Crippen LogP contribution < -0.4 is 10.1 Å². The van der Waals surface area contributed by atoms with Gasteiger partial charge < -0.3 is 15.2 Å². The van der Waals surface area contributed by atoms with Crippen LogP contribution in [0.1, 0.15) is 11.7 Å². The third-order valence-electron chi connectivity index (χ3n) is 3.38. The molecule has 0 bridgehead atoms. The van der Waals surface area contributed by atoms with E-state index in [1.807, 2.05) is 0 Å². The second kappa shape index (κ2) is 9.56. The fourth-order valence-corrected chi connectivity index (χ4v) is 2.45. The number of likely N-dealkylation sites (N-methyl/N-ethyl adjacent to an activating group) is 1. The van der Waals surface area contributed by atoms with Crippen LogP contribution in [0, 0.1) is 0 Å². The molecule has 0 aliphatic carbocycles. The van der Waals surface area contributed by atoms with Crippen LogP contribution in [0.3, 0.4) is 0 Å². The SMILES string of the molecule is CN(CC(=O)Nc1ccc(Br)cn1)CC(O)c1ccc(OC(F)F)cc1. The van der Waals surface area contributed by atoms with E-state index in [2.05, 4.69) is 31.0 Å². The Morgan fingerprint density at radius 3 is 2.58 bits per heavy atom. The molecule has 2 N–H and O–H groups in total. The summed E-state index contributed by atoms with van der Waals surface area (Å²) in [6, 6.07) is 9.15. The molecule has 26 heavy (non-hydrogen) atoms. The van der Waals surface area contributed by atoms with Gasteiger partial charge in [-0.1, -0.05) is 12.1 Å². The molecule has 0 aliphatic rings. The average Bonchev–Trinajstić information content (AvgIpc) is 2.56. The summed E-state index contributed by atoms with van der Waals surface area (Å²) in [6.45, 7) is -2.65. The Hall–Kier alpha value is -2.10. The van der Waals surface area contributed by atoms with Crippen molar-refractivity contribution in [3.63, 3.8) is 0 Å². The maximum Gasteiger partial charge on any atom is 0.387 e. The minimum absolute atomic E-state index is 0.0191. The zero-order valence-corrected chi connectivity index (χ0v) is 15.5. The number of nitrogens with one attached hydrogen (secondary N) is 1. The molecule has 0 aliphatic heterocycles. The van der Waals surface area contributed by atoms with E-state index in [4.69, 9.17) is 0 Å². The largest absolute Gasteiger partial charge is 0.435 e. The van der Waals surface area contributed by atoms with Crippen molar-refractivity contribution in [3.05, 3.63) is 52.6 Å². The smallest absolute Gasteiger partial charge is 0.387 e. The van der Waals surface area contributed by atoms with Crippen LogP contribution in [0.2, 0.25) is 0 Å². The number of pyridine rings is 1. The van der Waals surface area contributed by atoms with E-state index in [1.54, 1.807) is 30.3 Å². The summed E-state index contributed by atoms with van der Waals surface area (Å²) in [4.78, 5) is 17.7. The van der Waals surface area contributed by atoms with Gasteiger partial charge in [-0.3, -0.25) is 9.69 Å². The molecule has 0 radical (unpaired) electrons. The summed E-state index contributed by atoms with van der Waals surface area (Å²) in [5.74, 6) is 0.183. The number of hydrogen-bond donors (Lipinski definition) is 2. The van der Waals surface area contributed by atoms with E-state index in [1.165, 1.54) is 24.3 Å². The summed E-state index contributed by atoms with van der Waals surface area (Å²) in [5, 5.41) is 12.9. The van der Waals surface area contributed by atoms with E-state index in [0.717, 1.165) is 4.47 Å². The molecule has 1 amide bonds. The fourth-order valence-electron chi connectivity index (χ4n) is 2.21. The second-order valence-corrected chi connectivity index (χ2v) is 6.49. The highest BCUT2D eigenvalue weighted by molar-refractivity contribution is 9.10. The molecule has 1 unspecified atom stereocenters. The summed E-state index contributed by atoms with van der Waals surface area (Å²) in [7, 11) is 1.69. The number of aliphatic hydroxyl groups is 1. The molecule has 1 atom stereocenters. The lowest BCUT2D eigenvalue weighted by Gasteiger charge is -2.20. The Kier molecular flexibility index (Phi) is 7.43. The highest BCUT2D eigenvalue weighted by Gasteiger charge is 2.14. The number of benzene rings is 1. The molecule has 1 heterocycles. The number of carbonyl (C=O) groups excluding carboxylic acids is 1. The van der Waals surface area contributed by atoms with Crippen molar-refractivity contribution in [2.45, 2.75) is 12.7 Å². The first kappa shape index (κ1) is 20.2. The quantitative estimate of drug-likeness (QED) is 0.674. The third kappa shape index (κ3) is 6.66. The van der Waals surface area contributed by atoms with Gasteiger partial charge in [-0.15, -0.1) is 0 Å². The Bertz CT molecular complexity index is 714. The fraction of sp³-hybridized carbons (Fsp3) is 0.294. The molecular weight excluding hydrogens is 412 g/mol. The number of aliphatic hydroxyl groups excluding tert-OH is 1. The topological polar surface area (TPSA) is 74.7 Å². The number of halogens is 3. The van der Waals surface area contributed by atoms with Crippen LogP contribution >= 0.6 is 15.9 Å². The Balaban J connectivity index is 1.83. The molecule has 2 aromatic rings. The summed E-state index contributed by atoms with van der Waals surface area (Å²) >= 11 is 3.26. The second-order valence-electron chi connectivity index (χ2n) is 5.57. The van der Waals surface area contributed by atoms with E-state index >= 15 is 0 Å². The number of aromatic nitrogens is 1. The van der Waals surface area contributed by atoms with Crippen LogP contribution in [0.25, 0.3) is 0 Å². The average molecular weight is 430 g/mol. The summed E-state index contributed by atoms with van der Waals surface area (Å²) in [6.07, 6.45) is 0.698. The minimum Gasteiger partial charge on any atom is -0.435 e. The lowest BCUT2D eigenvalue weighted by atomic mass is 10.1. The standard InChI is InChI=1S/C17H18BrF2N3O3/c1-23(10-16(25)22-15-7-4-12(18)8-21-15)9-14(24)11-2-5-13(6-3-11)26-17(19)20/h2-8,14,17,24H,9-10H2,1H3,(H,21,22,25). The predicted molar refractivity (Wildman–Crippen MR) is 96.1 cm³/mol. The van der Waals surface area contributed by atoms with Gasteiger partial charge >= 0.3 is 6.61 Å². The highest BCUT2D eigenvalue weighted by Crippen LogP contribution is 2.20. The van der Waals surface area contributed by atoms with E-state index in [-0.39, 0.29) is 24.7 Å². The third-order valence-corrected chi connectivity index (χ3v) is 3.85. The molecule has 0 fully saturated rings. The molecule has 6 nitrogen and oxygen atoms in total. The molecule has 2 rings (SSSR count). The maximum absolute atomic E-state index is 12.1. The summed E-state index contributed by atoms with van der Waals surface area (Å²) in [5.41, 5.74) is 0.536. The maximum atomic E-state index is 12.1. The number of nitrogens with zero attached hydrogens (tertiary/aromatic N) is 2. The number of ether oxygens (including phenoxy) is 1. The number of amides is 1. The number of hydrogen-bond acceptors (Lipinski definition) is 5. The zero-order valence-electron chi connectivity index (χ0n) is 13.9. The van der Waals surface area contributed by atoms with Gasteiger partial charge in [0.05, 0.1) is 12.6 Å². The predicted octanol–water partition coefficient (Wildman–Crippen LogP) is 3.05. The van der Waals surface area contributed by atoms with Crippen LogP contribution in [0.4, 0.5) is 14.6 Å². The molecule has 140 valence electrons. The minimum atomic E-state index is -2.89. The molecule has 1 aromatic heterocycles. The number of alkyl halides is 2. The molecular formula is C17H18BrF2N3O3. The van der Waals surface area contributed by atoms with Crippen LogP contribution in [0.5, 0.6) is 5.75 Å². The van der Waals surface area contributed by atoms with Crippen molar-refractivity contribution >= 4 is 27.7 Å². The lowest BCUT2D eigenvalue weighted by molar-refractivity contribution is -0.117. The van der Waals surface area contributed by atoms with Gasteiger partial charge in [-0.05, 0) is 52.8 Å². The van der Waals surface area contributed by atoms with Gasteiger partial charge in [0.25, 0.3) is 0 Å². The molecule has 9 heteroatoms. The van der Waals surface area contributed by atoms with E-state index < -0.39 is 12.7 Å². The van der Waals surface area contributed by atoms with Crippen molar-refractivity contribution in [1.82, 2.24) is 9.88 Å². The number of anilines is 1. The molecule has 0 spiro atoms. The first-order valence-electron chi connectivity index (χ1n) is 7.66. The van der Waals surface area contributed by atoms with Crippen molar-refractivity contribution in [2.24, 2.45) is 0 Å². The van der Waals surface area contributed by atoms with Gasteiger partial charge in [0.1, 0.15) is 11.6 Å². The summed E-state index contributed by atoms with van der Waals surface area (Å²) < 4.78 is 29.3. The van der Waals surface area contributed by atoms with Gasteiger partial charge in [-0.25, -0.2) is 4.98 Å². The van der Waals surface area contributed by atoms with E-state index in [0.29, 0.717) is 11.4 Å². The monoisotopic (exact) mass is 429 g/mol. The van der Waals surface area contributed by atoms with Crippen molar-refractivity contribution in [3.8, 4) is 5.75 Å². The first-order valence-corrected chi connectivity index (χ1v) is 8.45. The van der Waals surface area contributed by atoms with Crippen molar-refractivity contribution in [1.29, 1.82) is 0 Å². The number of rotatable bonds is 8. The van der Waals surface area contributed by atoms with E-state index in [9.17, 15) is 18.7 Å². The van der Waals surface area contributed by atoms with Gasteiger partial charge in [0.2, 0.25) is 5.91 Å². The van der Waals surface area contributed by atoms with Gasteiger partial charge in [-0.2, -0.15) is 8.78 Å². The molecule has 0 saturated carbocycles. The number of carbonyl (C=O) groups is 1. The molecule has 0 saturated heterocycles. The van der Waals surface area contributed by atoms with Crippen LogP contribution in [-0.4, -0.2) is 47.6 Å². The highest BCUT2D eigenvalue weighted by atomic mass is 79.9. The van der Waals surface area contributed by atoms with Crippen LogP contribution in [-0.2, 0) is 4.79 Å². The van der Waals surface area contributed by atoms with Gasteiger partial charge in [0, 0.05) is 17.2 Å². The lowest BCUT2D eigenvalue weighted by Crippen LogP contribution is -2.33. The van der Waals surface area contributed by atoms with Gasteiger partial charge in [0.15, 0.2) is 0 Å². The van der Waals surface area contributed by atoms with Crippen molar-refractivity contribution in [2.75, 3.05) is 25.5 Å².